The molecule has 0 unspecified atom stereocenters. The number of halogens is 1. The van der Waals surface area contributed by atoms with E-state index in [1.54, 1.807) is 19.3 Å². The van der Waals surface area contributed by atoms with Gasteiger partial charge in [-0.1, -0.05) is 7.43 Å². The third kappa shape index (κ3) is 13.1. The number of rotatable bonds is 7. The van der Waals surface area contributed by atoms with E-state index in [9.17, 15) is 39.4 Å². The first-order valence-corrected chi connectivity index (χ1v) is 12.1. The van der Waals surface area contributed by atoms with E-state index in [1.165, 1.54) is 67.8 Å². The summed E-state index contributed by atoms with van der Waals surface area (Å²) in [6, 6.07) is 10.0. The Bertz CT molecular complexity index is 1570. The number of amides is 1. The fourth-order valence-electron chi connectivity index (χ4n) is 2.86. The van der Waals surface area contributed by atoms with E-state index in [0.29, 0.717) is 12.1 Å². The van der Waals surface area contributed by atoms with Crippen LogP contribution in [0, 0.1) is 20.2 Å². The molecule has 0 fully saturated rings. The van der Waals surface area contributed by atoms with E-state index >= 15 is 0 Å². The first-order valence-electron chi connectivity index (χ1n) is 11.7. The molecule has 0 bridgehead atoms. The number of nitro benzene ring substituents is 2. The van der Waals surface area contributed by atoms with E-state index < -0.39 is 21.4 Å². The highest BCUT2D eigenvalue weighted by molar-refractivity contribution is 6.61. The van der Waals surface area contributed by atoms with Crippen molar-refractivity contribution in [3.8, 4) is 11.5 Å². The molecule has 0 saturated carbocycles. The molecule has 4 aromatic rings. The number of hydrogen-bond acceptors (Lipinski definition) is 12. The number of carbonyl (C=O) groups excluding carboxylic acids is 4. The molecule has 2 N–H and O–H groups in total. The Morgan fingerprint density at radius 2 is 1.43 bits per heavy atom. The van der Waals surface area contributed by atoms with Crippen LogP contribution in [0.5, 0.6) is 11.5 Å². The van der Waals surface area contributed by atoms with Gasteiger partial charge in [0.1, 0.15) is 17.3 Å². The third-order valence-corrected chi connectivity index (χ3v) is 4.67. The summed E-state index contributed by atoms with van der Waals surface area (Å²) in [7, 11) is 0. The molecule has 232 valence electrons. The zero-order valence-corrected chi connectivity index (χ0v) is 23.1. The van der Waals surface area contributed by atoms with Crippen LogP contribution in [0.4, 0.5) is 26.7 Å². The predicted molar refractivity (Wildman–Crippen MR) is 156 cm³/mol. The van der Waals surface area contributed by atoms with Gasteiger partial charge >= 0.3 is 11.5 Å². The molecule has 0 spiro atoms. The summed E-state index contributed by atoms with van der Waals surface area (Å²) in [5.74, 6) is 0.183. The van der Waals surface area contributed by atoms with Crippen molar-refractivity contribution in [1.82, 2.24) is 20.0 Å². The molecular formula is C26H26ClN7O10. The second-order valence-corrected chi connectivity index (χ2v) is 8.36. The number of H-pyrrole nitrogens is 1. The van der Waals surface area contributed by atoms with E-state index in [2.05, 4.69) is 25.3 Å². The fourth-order valence-corrected chi connectivity index (χ4v) is 2.95. The minimum absolute atomic E-state index is 0. The van der Waals surface area contributed by atoms with Crippen molar-refractivity contribution in [2.24, 2.45) is 0 Å². The molecule has 18 heteroatoms. The van der Waals surface area contributed by atoms with Gasteiger partial charge in [-0.2, -0.15) is 14.9 Å². The number of aromatic amines is 1. The zero-order valence-electron chi connectivity index (χ0n) is 22.3. The van der Waals surface area contributed by atoms with Gasteiger partial charge in [-0.05, 0) is 36.8 Å². The molecule has 0 radical (unpaired) electrons. The summed E-state index contributed by atoms with van der Waals surface area (Å²) in [6.45, 7) is 2.89. The number of ether oxygens (including phenoxy) is 2. The number of ketones is 1. The van der Waals surface area contributed by atoms with Gasteiger partial charge in [-0.15, -0.1) is 0 Å². The van der Waals surface area contributed by atoms with Crippen LogP contribution in [0.25, 0.3) is 0 Å². The molecule has 1 amide bonds. The Morgan fingerprint density at radius 1 is 0.909 bits per heavy atom. The topological polar surface area (TPSA) is 232 Å². The number of non-ortho nitro benzene ring substituents is 2. The summed E-state index contributed by atoms with van der Waals surface area (Å²) < 4.78 is 10.3. The molecule has 0 aliphatic carbocycles. The number of carbonyl (C=O) groups is 4. The van der Waals surface area contributed by atoms with Crippen LogP contribution in [0.3, 0.4) is 0 Å². The summed E-state index contributed by atoms with van der Waals surface area (Å²) in [5.41, 5.74) is 0.135. The highest BCUT2D eigenvalue weighted by Crippen LogP contribution is 2.19. The van der Waals surface area contributed by atoms with Crippen LogP contribution >= 0.6 is 11.6 Å². The van der Waals surface area contributed by atoms with Gasteiger partial charge in [0.25, 0.3) is 11.4 Å². The van der Waals surface area contributed by atoms with Gasteiger partial charge in [0.05, 0.1) is 34.1 Å². The monoisotopic (exact) mass is 631 g/mol. The molecule has 0 saturated heterocycles. The first-order chi connectivity index (χ1) is 20.3. The second kappa shape index (κ2) is 17.8. The normalized spacial score (nSPS) is 9.43. The molecule has 2 aromatic carbocycles. The average molecular weight is 632 g/mol. The number of Topliss-reactive ketones (excluding diaryl/α,β-unsaturated/α-hetero) is 1. The van der Waals surface area contributed by atoms with Crippen molar-refractivity contribution in [3.05, 3.63) is 99.1 Å². The van der Waals surface area contributed by atoms with Gasteiger partial charge in [0.2, 0.25) is 5.91 Å². The lowest BCUT2D eigenvalue weighted by molar-refractivity contribution is -0.385. The average Bonchev–Trinajstić information content (AvgIpc) is 3.61. The van der Waals surface area contributed by atoms with Crippen molar-refractivity contribution < 1.29 is 38.5 Å². The van der Waals surface area contributed by atoms with Gasteiger partial charge in [-0.3, -0.25) is 34.9 Å². The molecule has 0 aliphatic heterocycles. The fraction of sp³-hybridized carbons (Fsp3) is 0.154. The van der Waals surface area contributed by atoms with Crippen molar-refractivity contribution in [1.29, 1.82) is 0 Å². The standard InChI is InChI=1S/C12H10N4O5.C7H4ClNO4.C6H8N2O.CH4/c1-8(17)14-9-6-13-15(7-9)12(18)21-11-4-2-10(3-5-11)16(19)20;8-7(10)13-6-3-1-5(2-4-6)9(11)12;1-5(9)2-6-3-7-8-4-6;/h2-7H,1H3,(H,14,17);1-4H;3-4H,2H2,1H3,(H,7,8);1H4. The van der Waals surface area contributed by atoms with Gasteiger partial charge < -0.3 is 14.8 Å². The summed E-state index contributed by atoms with van der Waals surface area (Å²) in [5, 5.41) is 33.2. The van der Waals surface area contributed by atoms with Crippen LogP contribution in [0.1, 0.15) is 26.8 Å². The third-order valence-electron chi connectivity index (χ3n) is 4.60. The van der Waals surface area contributed by atoms with Gasteiger partial charge in [-0.25, -0.2) is 9.59 Å². The van der Waals surface area contributed by atoms with Crippen LogP contribution in [0.2, 0.25) is 0 Å². The maximum absolute atomic E-state index is 11.8. The Balaban J connectivity index is 0.000000359. The SMILES string of the molecule is C.CC(=O)Cc1cn[nH]c1.CC(=O)Nc1cnn(C(=O)Oc2ccc([N+](=O)[O-])cc2)c1.O=C(Cl)Oc1ccc([N+](=O)[O-])cc1. The molecule has 0 atom stereocenters. The maximum atomic E-state index is 11.8. The highest BCUT2D eigenvalue weighted by atomic mass is 35.5. The summed E-state index contributed by atoms with van der Waals surface area (Å²) in [6.07, 6.45) is 5.63. The molecule has 17 nitrogen and oxygen atoms in total. The van der Waals surface area contributed by atoms with E-state index in [1.807, 2.05) is 0 Å². The van der Waals surface area contributed by atoms with E-state index in [4.69, 9.17) is 16.3 Å². The quantitative estimate of drug-likeness (QED) is 0.150. The Hall–Kier alpha value is -5.97. The Kier molecular flexibility index (Phi) is 14.6. The van der Waals surface area contributed by atoms with Crippen molar-refractivity contribution >= 4 is 51.9 Å². The maximum Gasteiger partial charge on any atom is 0.440 e. The lowest BCUT2D eigenvalue weighted by Crippen LogP contribution is -2.17. The number of nitro groups is 2. The predicted octanol–water partition coefficient (Wildman–Crippen LogP) is 5.31. The number of nitrogens with one attached hydrogen (secondary N) is 2. The minimum Gasteiger partial charge on any atom is -0.414 e. The summed E-state index contributed by atoms with van der Waals surface area (Å²) in [4.78, 5) is 62.9. The van der Waals surface area contributed by atoms with Gasteiger partial charge in [0, 0.05) is 55.4 Å². The highest BCUT2D eigenvalue weighted by Gasteiger charge is 2.12. The largest absolute Gasteiger partial charge is 0.440 e. The van der Waals surface area contributed by atoms with Crippen molar-refractivity contribution in [3.63, 3.8) is 0 Å². The second-order valence-electron chi connectivity index (χ2n) is 8.05. The Morgan fingerprint density at radius 3 is 1.84 bits per heavy atom. The number of hydrogen-bond donors (Lipinski definition) is 2. The lowest BCUT2D eigenvalue weighted by Gasteiger charge is -2.03. The first kappa shape index (κ1) is 36.1. The Labute approximate surface area is 254 Å². The lowest BCUT2D eigenvalue weighted by atomic mass is 10.2. The number of nitrogens with zero attached hydrogens (tertiary/aromatic N) is 5. The molecule has 0 aliphatic rings. The van der Waals surface area contributed by atoms with Crippen LogP contribution in [-0.4, -0.2) is 53.0 Å². The van der Waals surface area contributed by atoms with E-state index in [0.717, 1.165) is 10.2 Å². The van der Waals surface area contributed by atoms with Crippen molar-refractivity contribution in [2.75, 3.05) is 5.32 Å². The van der Waals surface area contributed by atoms with Gasteiger partial charge in [0.15, 0.2) is 0 Å². The van der Waals surface area contributed by atoms with Crippen LogP contribution in [-0.2, 0) is 16.0 Å². The van der Waals surface area contributed by atoms with Crippen LogP contribution in [0.15, 0.2) is 73.3 Å². The number of anilines is 1. The smallest absolute Gasteiger partial charge is 0.414 e. The molecule has 2 heterocycles. The molecule has 2 aromatic heterocycles. The molecule has 44 heavy (non-hydrogen) atoms. The minimum atomic E-state index is -0.978. The zero-order chi connectivity index (χ0) is 31.9. The molecular weight excluding hydrogens is 606 g/mol. The number of benzene rings is 2. The molecule has 4 rings (SSSR count). The summed E-state index contributed by atoms with van der Waals surface area (Å²) >= 11 is 4.92. The van der Waals surface area contributed by atoms with Crippen LogP contribution < -0.4 is 14.8 Å². The number of aromatic nitrogens is 4. The van der Waals surface area contributed by atoms with E-state index in [-0.39, 0.29) is 42.0 Å². The van der Waals surface area contributed by atoms with Crippen molar-refractivity contribution in [2.45, 2.75) is 27.7 Å².